The normalized spacial score (nSPS) is 8.29. The van der Waals surface area contributed by atoms with E-state index >= 15 is 0 Å². The number of rotatable bonds is 2. The topological polar surface area (TPSA) is 26.3 Å². The van der Waals surface area contributed by atoms with Crippen molar-refractivity contribution < 1.29 is 9.53 Å². The van der Waals surface area contributed by atoms with Gasteiger partial charge < -0.3 is 4.74 Å². The first-order chi connectivity index (χ1) is 3.27. The van der Waals surface area contributed by atoms with Gasteiger partial charge in [-0.15, -0.1) is 0 Å². The fourth-order valence-electron chi connectivity index (χ4n) is 0.119. The minimum Gasteiger partial charge on any atom is -0.457 e. The lowest BCUT2D eigenvalue weighted by molar-refractivity contribution is 0.187. The van der Waals surface area contributed by atoms with Crippen LogP contribution in [-0.2, 0) is 4.74 Å². The van der Waals surface area contributed by atoms with Crippen LogP contribution >= 0.6 is 45.2 Å². The van der Waals surface area contributed by atoms with Crippen molar-refractivity contribution in [3.63, 3.8) is 0 Å². The number of hydrogen-bond acceptors (Lipinski definition) is 2. The van der Waals surface area contributed by atoms with Gasteiger partial charge in [0, 0.05) is 4.43 Å². The standard InChI is InChI=1S/C3H4I2O2/c4-1-2-7-3(5)6/h1-2H2. The van der Waals surface area contributed by atoms with Gasteiger partial charge in [0.05, 0.1) is 22.6 Å². The van der Waals surface area contributed by atoms with Gasteiger partial charge in [-0.2, -0.15) is 0 Å². The lowest BCUT2D eigenvalue weighted by Crippen LogP contribution is -1.95. The van der Waals surface area contributed by atoms with E-state index in [4.69, 9.17) is 0 Å². The fourth-order valence-corrected chi connectivity index (χ4v) is 0.559. The molecule has 7 heavy (non-hydrogen) atoms. The summed E-state index contributed by atoms with van der Waals surface area (Å²) in [7, 11) is 0. The minimum absolute atomic E-state index is 0.228. The minimum atomic E-state index is -0.228. The highest BCUT2D eigenvalue weighted by atomic mass is 127. The largest absolute Gasteiger partial charge is 0.457 e. The van der Waals surface area contributed by atoms with Gasteiger partial charge in [-0.05, 0) is 0 Å². The fraction of sp³-hybridized carbons (Fsp3) is 0.667. The van der Waals surface area contributed by atoms with Gasteiger partial charge >= 0.3 is 3.98 Å². The van der Waals surface area contributed by atoms with Crippen LogP contribution in [0, 0.1) is 0 Å². The molecule has 0 aliphatic carbocycles. The quantitative estimate of drug-likeness (QED) is 0.441. The van der Waals surface area contributed by atoms with Crippen molar-refractivity contribution in [2.24, 2.45) is 0 Å². The van der Waals surface area contributed by atoms with Crippen LogP contribution in [0.4, 0.5) is 4.79 Å². The van der Waals surface area contributed by atoms with Crippen LogP contribution in [-0.4, -0.2) is 15.0 Å². The highest BCUT2D eigenvalue weighted by Gasteiger charge is 1.88. The Morgan fingerprint density at radius 3 is 2.43 bits per heavy atom. The maximum Gasteiger partial charge on any atom is 0.367 e. The average molecular weight is 326 g/mol. The predicted molar refractivity (Wildman–Crippen MR) is 44.3 cm³/mol. The van der Waals surface area contributed by atoms with E-state index in [0.29, 0.717) is 6.61 Å². The Kier molecular flexibility index (Phi) is 5.75. The molecule has 0 aliphatic heterocycles. The first-order valence-electron chi connectivity index (χ1n) is 1.65. The van der Waals surface area contributed by atoms with Crippen molar-refractivity contribution >= 4 is 49.2 Å². The number of halogens is 2. The van der Waals surface area contributed by atoms with Crippen molar-refractivity contribution in [3.8, 4) is 0 Å². The number of carbonyl (C=O) groups is 1. The molecule has 0 saturated heterocycles. The number of ether oxygens (including phenoxy) is 1. The summed E-state index contributed by atoms with van der Waals surface area (Å²) in [4.78, 5) is 9.96. The van der Waals surface area contributed by atoms with Gasteiger partial charge in [-0.1, -0.05) is 22.6 Å². The molecular formula is C3H4I2O2. The first kappa shape index (κ1) is 7.93. The van der Waals surface area contributed by atoms with Gasteiger partial charge in [0.25, 0.3) is 0 Å². The van der Waals surface area contributed by atoms with Crippen molar-refractivity contribution in [2.75, 3.05) is 11.0 Å². The molecular weight excluding hydrogens is 322 g/mol. The van der Waals surface area contributed by atoms with Crippen LogP contribution < -0.4 is 0 Å². The highest BCUT2D eigenvalue weighted by Crippen LogP contribution is 1.91. The molecule has 0 rings (SSSR count). The van der Waals surface area contributed by atoms with E-state index in [0.717, 1.165) is 4.43 Å². The molecule has 0 spiro atoms. The molecule has 0 fully saturated rings. The maximum atomic E-state index is 9.96. The van der Waals surface area contributed by atoms with Crippen LogP contribution in [0.2, 0.25) is 0 Å². The molecule has 42 valence electrons. The van der Waals surface area contributed by atoms with E-state index in [9.17, 15) is 4.79 Å². The van der Waals surface area contributed by atoms with E-state index < -0.39 is 0 Å². The molecule has 2 nitrogen and oxygen atoms in total. The zero-order valence-corrected chi connectivity index (χ0v) is 7.80. The van der Waals surface area contributed by atoms with Gasteiger partial charge in [-0.3, -0.25) is 0 Å². The van der Waals surface area contributed by atoms with Crippen molar-refractivity contribution in [3.05, 3.63) is 0 Å². The summed E-state index contributed by atoms with van der Waals surface area (Å²) in [5, 5.41) is 0. The summed E-state index contributed by atoms with van der Waals surface area (Å²) >= 11 is 3.74. The Morgan fingerprint density at radius 1 is 1.71 bits per heavy atom. The zero-order valence-electron chi connectivity index (χ0n) is 3.49. The molecule has 0 N–H and O–H groups in total. The molecule has 0 amide bonds. The molecule has 0 aromatic rings. The second kappa shape index (κ2) is 5.07. The van der Waals surface area contributed by atoms with E-state index in [1.807, 2.05) is 0 Å². The van der Waals surface area contributed by atoms with E-state index in [1.54, 1.807) is 22.6 Å². The van der Waals surface area contributed by atoms with Gasteiger partial charge in [0.15, 0.2) is 0 Å². The van der Waals surface area contributed by atoms with E-state index in [-0.39, 0.29) is 3.98 Å². The van der Waals surface area contributed by atoms with Crippen molar-refractivity contribution in [2.45, 2.75) is 0 Å². The third-order valence-electron chi connectivity index (χ3n) is 0.293. The Morgan fingerprint density at radius 2 is 2.29 bits per heavy atom. The third-order valence-corrected chi connectivity index (χ3v) is 1.04. The molecule has 0 radical (unpaired) electrons. The molecule has 0 bridgehead atoms. The third kappa shape index (κ3) is 6.93. The van der Waals surface area contributed by atoms with Crippen LogP contribution in [0.15, 0.2) is 0 Å². The van der Waals surface area contributed by atoms with Crippen LogP contribution in [0.3, 0.4) is 0 Å². The second-order valence-corrected chi connectivity index (χ2v) is 2.73. The summed E-state index contributed by atoms with van der Waals surface area (Å²) in [6.07, 6.45) is 0. The smallest absolute Gasteiger partial charge is 0.367 e. The molecule has 0 aromatic carbocycles. The van der Waals surface area contributed by atoms with Crippen LogP contribution in [0.1, 0.15) is 0 Å². The molecule has 0 unspecified atom stereocenters. The molecule has 0 aromatic heterocycles. The average Bonchev–Trinajstić information content (AvgIpc) is 1.61. The molecule has 0 heterocycles. The summed E-state index contributed by atoms with van der Waals surface area (Å²) in [6, 6.07) is 0. The summed E-state index contributed by atoms with van der Waals surface area (Å²) < 4.78 is 5.17. The second-order valence-electron chi connectivity index (χ2n) is 0.775. The Hall–Kier alpha value is 0.930. The molecule has 4 heteroatoms. The van der Waals surface area contributed by atoms with Gasteiger partial charge in [-0.25, -0.2) is 4.79 Å². The monoisotopic (exact) mass is 326 g/mol. The Balaban J connectivity index is 2.82. The van der Waals surface area contributed by atoms with Crippen molar-refractivity contribution in [1.29, 1.82) is 0 Å². The van der Waals surface area contributed by atoms with Crippen molar-refractivity contribution in [1.82, 2.24) is 0 Å². The maximum absolute atomic E-state index is 9.96. The zero-order chi connectivity index (χ0) is 5.70. The summed E-state index contributed by atoms with van der Waals surface area (Å²) in [5.74, 6) is 0. The highest BCUT2D eigenvalue weighted by molar-refractivity contribution is 14.1. The first-order valence-corrected chi connectivity index (χ1v) is 4.26. The molecule has 0 atom stereocenters. The Labute approximate surface area is 69.3 Å². The lowest BCUT2D eigenvalue weighted by Gasteiger charge is -1.91. The number of alkyl halides is 1. The summed E-state index contributed by atoms with van der Waals surface area (Å²) in [5.41, 5.74) is 0. The number of hydrogen-bond donors (Lipinski definition) is 0. The molecule has 0 aliphatic rings. The predicted octanol–water partition coefficient (Wildman–Crippen LogP) is 1.99. The molecule has 0 saturated carbocycles. The van der Waals surface area contributed by atoms with E-state index in [1.165, 1.54) is 0 Å². The van der Waals surface area contributed by atoms with Crippen LogP contribution in [0.25, 0.3) is 0 Å². The van der Waals surface area contributed by atoms with Crippen LogP contribution in [0.5, 0.6) is 0 Å². The Bertz CT molecular complexity index is 64.0. The summed E-state index contributed by atoms with van der Waals surface area (Å²) in [6.45, 7) is 0.530. The van der Waals surface area contributed by atoms with Gasteiger partial charge in [0.1, 0.15) is 6.61 Å². The SMILES string of the molecule is O=C(I)OCCI. The lowest BCUT2D eigenvalue weighted by atomic mass is 10.9. The number of carbonyl (C=O) groups excluding carboxylic acids is 1. The van der Waals surface area contributed by atoms with E-state index in [2.05, 4.69) is 27.3 Å². The van der Waals surface area contributed by atoms with Gasteiger partial charge in [0.2, 0.25) is 0 Å².